The second kappa shape index (κ2) is 5.41. The quantitative estimate of drug-likeness (QED) is 0.834. The number of aliphatic hydroxyl groups excluding tert-OH is 1. The molecule has 1 rings (SSSR count). The standard InChI is InChI=1S/C10H11F2NO3/c1-6-4-8(12)9(5-7(6)11)13-10(15)16-3-2-14/h4-5,14H,2-3H2,1H3,(H,13,15). The Labute approximate surface area is 90.8 Å². The summed E-state index contributed by atoms with van der Waals surface area (Å²) in [5.74, 6) is -1.38. The molecule has 6 heteroatoms. The zero-order chi connectivity index (χ0) is 12.1. The largest absolute Gasteiger partial charge is 0.447 e. The second-order valence-corrected chi connectivity index (χ2v) is 3.07. The zero-order valence-electron chi connectivity index (χ0n) is 8.59. The molecule has 0 unspecified atom stereocenters. The molecule has 1 amide bonds. The maximum atomic E-state index is 13.2. The monoisotopic (exact) mass is 231 g/mol. The van der Waals surface area contributed by atoms with Crippen LogP contribution in [0.1, 0.15) is 5.56 Å². The van der Waals surface area contributed by atoms with Crippen LogP contribution < -0.4 is 5.32 Å². The summed E-state index contributed by atoms with van der Waals surface area (Å²) in [6.45, 7) is 0.867. The van der Waals surface area contributed by atoms with Crippen LogP contribution in [0, 0.1) is 18.6 Å². The molecule has 4 nitrogen and oxygen atoms in total. The van der Waals surface area contributed by atoms with E-state index in [1.165, 1.54) is 6.92 Å². The summed E-state index contributed by atoms with van der Waals surface area (Å²) in [5, 5.41) is 10.4. The lowest BCUT2D eigenvalue weighted by molar-refractivity contribution is 0.131. The fourth-order valence-electron chi connectivity index (χ4n) is 1.03. The number of carbonyl (C=O) groups excluding carboxylic acids is 1. The Balaban J connectivity index is 2.73. The van der Waals surface area contributed by atoms with Gasteiger partial charge >= 0.3 is 6.09 Å². The number of anilines is 1. The van der Waals surface area contributed by atoms with Gasteiger partial charge in [-0.3, -0.25) is 5.32 Å². The van der Waals surface area contributed by atoms with Crippen LogP contribution in [0.5, 0.6) is 0 Å². The van der Waals surface area contributed by atoms with Gasteiger partial charge in [0.15, 0.2) is 0 Å². The van der Waals surface area contributed by atoms with Crippen LogP contribution in [0.3, 0.4) is 0 Å². The van der Waals surface area contributed by atoms with Gasteiger partial charge in [-0.25, -0.2) is 13.6 Å². The van der Waals surface area contributed by atoms with E-state index >= 15 is 0 Å². The minimum absolute atomic E-state index is 0.145. The highest BCUT2D eigenvalue weighted by molar-refractivity contribution is 5.84. The van der Waals surface area contributed by atoms with E-state index in [2.05, 4.69) is 4.74 Å². The van der Waals surface area contributed by atoms with Crippen molar-refractivity contribution in [2.45, 2.75) is 6.92 Å². The lowest BCUT2D eigenvalue weighted by atomic mass is 10.2. The van der Waals surface area contributed by atoms with Gasteiger partial charge in [0.05, 0.1) is 12.3 Å². The molecule has 16 heavy (non-hydrogen) atoms. The highest BCUT2D eigenvalue weighted by Crippen LogP contribution is 2.18. The van der Waals surface area contributed by atoms with E-state index in [0.717, 1.165) is 12.1 Å². The molecule has 1 aromatic rings. The Bertz CT molecular complexity index is 396. The first-order valence-electron chi connectivity index (χ1n) is 4.55. The molecule has 1 aromatic carbocycles. The second-order valence-electron chi connectivity index (χ2n) is 3.07. The van der Waals surface area contributed by atoms with Gasteiger partial charge in [-0.1, -0.05) is 0 Å². The predicted molar refractivity (Wildman–Crippen MR) is 53.2 cm³/mol. The lowest BCUT2D eigenvalue weighted by Gasteiger charge is -2.07. The fraction of sp³-hybridized carbons (Fsp3) is 0.300. The third kappa shape index (κ3) is 3.16. The molecular weight excluding hydrogens is 220 g/mol. The van der Waals surface area contributed by atoms with Crippen LogP contribution in [-0.4, -0.2) is 24.4 Å². The van der Waals surface area contributed by atoms with Gasteiger partial charge in [0, 0.05) is 6.07 Å². The first-order valence-corrected chi connectivity index (χ1v) is 4.55. The van der Waals surface area contributed by atoms with Crippen molar-refractivity contribution in [3.8, 4) is 0 Å². The number of amides is 1. The van der Waals surface area contributed by atoms with Crippen molar-refractivity contribution in [1.82, 2.24) is 0 Å². The molecule has 2 N–H and O–H groups in total. The van der Waals surface area contributed by atoms with Crippen LogP contribution in [0.25, 0.3) is 0 Å². The van der Waals surface area contributed by atoms with E-state index in [-0.39, 0.29) is 24.5 Å². The number of hydrogen-bond acceptors (Lipinski definition) is 3. The van der Waals surface area contributed by atoms with Crippen LogP contribution >= 0.6 is 0 Å². The predicted octanol–water partition coefficient (Wildman–Crippen LogP) is 1.81. The zero-order valence-corrected chi connectivity index (χ0v) is 8.59. The molecule has 0 aliphatic carbocycles. The summed E-state index contributed by atoms with van der Waals surface area (Å²) < 4.78 is 30.7. The topological polar surface area (TPSA) is 58.6 Å². The molecule has 0 saturated heterocycles. The molecule has 0 aliphatic heterocycles. The highest BCUT2D eigenvalue weighted by atomic mass is 19.1. The van der Waals surface area contributed by atoms with Crippen molar-refractivity contribution in [2.75, 3.05) is 18.5 Å². The Kier molecular flexibility index (Phi) is 4.19. The minimum Gasteiger partial charge on any atom is -0.447 e. The van der Waals surface area contributed by atoms with Gasteiger partial charge in [-0.2, -0.15) is 0 Å². The number of halogens is 2. The van der Waals surface area contributed by atoms with E-state index < -0.39 is 17.7 Å². The van der Waals surface area contributed by atoms with Crippen molar-refractivity contribution in [3.05, 3.63) is 29.3 Å². The van der Waals surface area contributed by atoms with Crippen molar-refractivity contribution in [1.29, 1.82) is 0 Å². The number of ether oxygens (including phenoxy) is 1. The Morgan fingerprint density at radius 1 is 1.44 bits per heavy atom. The van der Waals surface area contributed by atoms with Crippen LogP contribution in [0.15, 0.2) is 12.1 Å². The van der Waals surface area contributed by atoms with Gasteiger partial charge in [-0.05, 0) is 18.6 Å². The Morgan fingerprint density at radius 2 is 2.12 bits per heavy atom. The summed E-state index contributed by atoms with van der Waals surface area (Å²) >= 11 is 0. The number of carbonyl (C=O) groups is 1. The first-order chi connectivity index (χ1) is 7.54. The maximum absolute atomic E-state index is 13.2. The molecule has 0 radical (unpaired) electrons. The molecule has 0 atom stereocenters. The van der Waals surface area contributed by atoms with Crippen molar-refractivity contribution < 1.29 is 23.4 Å². The maximum Gasteiger partial charge on any atom is 0.411 e. The van der Waals surface area contributed by atoms with Crippen molar-refractivity contribution in [2.24, 2.45) is 0 Å². The van der Waals surface area contributed by atoms with Crippen LogP contribution in [0.2, 0.25) is 0 Å². The molecule has 0 aromatic heterocycles. The minimum atomic E-state index is -0.948. The van der Waals surface area contributed by atoms with E-state index in [1.807, 2.05) is 5.32 Å². The smallest absolute Gasteiger partial charge is 0.411 e. The summed E-state index contributed by atoms with van der Waals surface area (Å²) in [6.07, 6.45) is -0.948. The lowest BCUT2D eigenvalue weighted by Crippen LogP contribution is -2.16. The SMILES string of the molecule is Cc1cc(F)c(NC(=O)OCCO)cc1F. The average Bonchev–Trinajstić information content (AvgIpc) is 2.23. The number of nitrogens with one attached hydrogen (secondary N) is 1. The van der Waals surface area contributed by atoms with Crippen LogP contribution in [0.4, 0.5) is 19.3 Å². The average molecular weight is 231 g/mol. The molecule has 0 spiro atoms. The third-order valence-corrected chi connectivity index (χ3v) is 1.81. The van der Waals surface area contributed by atoms with E-state index in [0.29, 0.717) is 0 Å². The van der Waals surface area contributed by atoms with Gasteiger partial charge < -0.3 is 9.84 Å². The highest BCUT2D eigenvalue weighted by Gasteiger charge is 2.10. The van der Waals surface area contributed by atoms with E-state index in [9.17, 15) is 13.6 Å². The summed E-state index contributed by atoms with van der Waals surface area (Å²) in [7, 11) is 0. The molecule has 0 heterocycles. The first kappa shape index (κ1) is 12.4. The van der Waals surface area contributed by atoms with E-state index in [1.54, 1.807) is 0 Å². The normalized spacial score (nSPS) is 10.0. The molecule has 0 bridgehead atoms. The van der Waals surface area contributed by atoms with Crippen molar-refractivity contribution >= 4 is 11.8 Å². The number of aryl methyl sites for hydroxylation is 1. The van der Waals surface area contributed by atoms with E-state index in [4.69, 9.17) is 5.11 Å². The molecule has 0 saturated carbocycles. The molecule has 88 valence electrons. The summed E-state index contributed by atoms with van der Waals surface area (Å²) in [6, 6.07) is 1.84. The van der Waals surface area contributed by atoms with Gasteiger partial charge in [-0.15, -0.1) is 0 Å². The van der Waals surface area contributed by atoms with Crippen molar-refractivity contribution in [3.63, 3.8) is 0 Å². The number of hydrogen-bond donors (Lipinski definition) is 2. The molecule has 0 aliphatic rings. The molecular formula is C10H11F2NO3. The number of aliphatic hydroxyl groups is 1. The van der Waals surface area contributed by atoms with Gasteiger partial charge in [0.1, 0.15) is 18.2 Å². The van der Waals surface area contributed by atoms with Gasteiger partial charge in [0.25, 0.3) is 0 Å². The number of rotatable bonds is 3. The Hall–Kier alpha value is -1.69. The Morgan fingerprint density at radius 3 is 2.75 bits per heavy atom. The fourth-order valence-corrected chi connectivity index (χ4v) is 1.03. The van der Waals surface area contributed by atoms with Crippen LogP contribution in [-0.2, 0) is 4.74 Å². The molecule has 0 fully saturated rings. The van der Waals surface area contributed by atoms with Gasteiger partial charge in [0.2, 0.25) is 0 Å². The summed E-state index contributed by atoms with van der Waals surface area (Å²) in [4.78, 5) is 11.0. The third-order valence-electron chi connectivity index (χ3n) is 1.81. The number of benzene rings is 1. The summed E-state index contributed by atoms with van der Waals surface area (Å²) in [5.41, 5.74) is -0.155.